The fraction of sp³-hybridized carbons (Fsp3) is 0. The Hall–Kier alpha value is -3.87. The van der Waals surface area contributed by atoms with Crippen LogP contribution in [0.3, 0.4) is 0 Å². The van der Waals surface area contributed by atoms with Gasteiger partial charge in [0.25, 0.3) is 15.8 Å². The standard InChI is InChI=1S/C16H8ClF2N9O2S/c17-15-11(26-31(29,30)13-2-1-9(18)4-10(13)19)3-8(5-21-15)12-6-22-16-23-7-14(24-27-20)28(16)25-12/h1-7,26H. The molecule has 0 atom stereocenters. The van der Waals surface area contributed by atoms with E-state index in [1.807, 2.05) is 0 Å². The summed E-state index contributed by atoms with van der Waals surface area (Å²) >= 11 is 5.99. The minimum absolute atomic E-state index is 0.0847. The number of hydrogen-bond donors (Lipinski definition) is 1. The van der Waals surface area contributed by atoms with Crippen molar-refractivity contribution in [3.05, 3.63) is 70.1 Å². The highest BCUT2D eigenvalue weighted by Gasteiger charge is 2.22. The van der Waals surface area contributed by atoms with Crippen LogP contribution in [0, 0.1) is 11.6 Å². The van der Waals surface area contributed by atoms with Gasteiger partial charge in [0.1, 0.15) is 22.2 Å². The first-order chi connectivity index (χ1) is 14.8. The second-order valence-corrected chi connectivity index (χ2v) is 7.91. The average molecular weight is 464 g/mol. The van der Waals surface area contributed by atoms with Crippen molar-refractivity contribution in [1.82, 2.24) is 24.6 Å². The molecule has 0 saturated carbocycles. The number of imidazole rings is 1. The molecule has 4 rings (SSSR count). The molecule has 0 fully saturated rings. The van der Waals surface area contributed by atoms with Crippen molar-refractivity contribution in [3.63, 3.8) is 0 Å². The topological polar surface area (TPSA) is 151 Å². The summed E-state index contributed by atoms with van der Waals surface area (Å²) in [5.41, 5.74) is 8.95. The van der Waals surface area contributed by atoms with Crippen LogP contribution in [0.2, 0.25) is 5.15 Å². The van der Waals surface area contributed by atoms with Gasteiger partial charge in [0.2, 0.25) is 0 Å². The molecule has 0 saturated heterocycles. The Morgan fingerprint density at radius 2 is 1.90 bits per heavy atom. The van der Waals surface area contributed by atoms with Gasteiger partial charge in [0.15, 0.2) is 11.0 Å². The van der Waals surface area contributed by atoms with Crippen molar-refractivity contribution < 1.29 is 17.2 Å². The van der Waals surface area contributed by atoms with E-state index in [0.717, 1.165) is 12.1 Å². The normalized spacial score (nSPS) is 11.3. The number of fused-ring (bicyclic) bond motifs is 1. The maximum Gasteiger partial charge on any atom is 0.264 e. The van der Waals surface area contributed by atoms with Crippen LogP contribution in [0.15, 0.2) is 52.9 Å². The van der Waals surface area contributed by atoms with Gasteiger partial charge in [-0.05, 0) is 28.8 Å². The maximum atomic E-state index is 13.9. The van der Waals surface area contributed by atoms with E-state index in [4.69, 9.17) is 17.1 Å². The van der Waals surface area contributed by atoms with Crippen molar-refractivity contribution >= 4 is 38.9 Å². The van der Waals surface area contributed by atoms with Crippen LogP contribution in [0.4, 0.5) is 20.3 Å². The Bertz CT molecular complexity index is 1490. The number of rotatable bonds is 5. The van der Waals surface area contributed by atoms with Crippen LogP contribution in [0.25, 0.3) is 27.5 Å². The van der Waals surface area contributed by atoms with Crippen LogP contribution in [-0.4, -0.2) is 33.0 Å². The van der Waals surface area contributed by atoms with Gasteiger partial charge in [-0.2, -0.15) is 9.61 Å². The number of aromatic nitrogens is 5. The molecule has 0 spiro atoms. The van der Waals surface area contributed by atoms with Gasteiger partial charge in [0, 0.05) is 22.7 Å². The summed E-state index contributed by atoms with van der Waals surface area (Å²) < 4.78 is 55.4. The van der Waals surface area contributed by atoms with Gasteiger partial charge in [0.05, 0.1) is 18.1 Å². The molecular weight excluding hydrogens is 456 g/mol. The third-order valence-electron chi connectivity index (χ3n) is 3.92. The minimum Gasteiger partial charge on any atom is -0.276 e. The van der Waals surface area contributed by atoms with Crippen LogP contribution >= 0.6 is 11.6 Å². The molecule has 1 N–H and O–H groups in total. The molecule has 31 heavy (non-hydrogen) atoms. The molecule has 0 radical (unpaired) electrons. The number of nitrogens with zero attached hydrogens (tertiary/aromatic N) is 8. The predicted molar refractivity (Wildman–Crippen MR) is 105 cm³/mol. The number of anilines is 1. The smallest absolute Gasteiger partial charge is 0.264 e. The van der Waals surface area contributed by atoms with Crippen molar-refractivity contribution in [2.45, 2.75) is 4.90 Å². The number of benzene rings is 1. The summed E-state index contributed by atoms with van der Waals surface area (Å²) in [6, 6.07) is 3.34. The van der Waals surface area contributed by atoms with Crippen molar-refractivity contribution in [1.29, 1.82) is 0 Å². The van der Waals surface area contributed by atoms with Gasteiger partial charge in [-0.1, -0.05) is 11.6 Å². The first-order valence-corrected chi connectivity index (χ1v) is 10.0. The van der Waals surface area contributed by atoms with Crippen LogP contribution in [-0.2, 0) is 10.0 Å². The van der Waals surface area contributed by atoms with Gasteiger partial charge in [-0.3, -0.25) is 4.72 Å². The summed E-state index contributed by atoms with van der Waals surface area (Å²) in [5.74, 6) is -1.94. The highest BCUT2D eigenvalue weighted by atomic mass is 35.5. The average Bonchev–Trinajstić information content (AvgIpc) is 3.11. The maximum absolute atomic E-state index is 13.9. The highest BCUT2D eigenvalue weighted by molar-refractivity contribution is 7.92. The van der Waals surface area contributed by atoms with Gasteiger partial charge in [-0.15, -0.1) is 0 Å². The van der Waals surface area contributed by atoms with Crippen molar-refractivity contribution in [2.75, 3.05) is 4.72 Å². The summed E-state index contributed by atoms with van der Waals surface area (Å²) in [4.78, 5) is 13.8. The number of sulfonamides is 1. The van der Waals surface area contributed by atoms with Crippen LogP contribution in [0.1, 0.15) is 0 Å². The fourth-order valence-electron chi connectivity index (χ4n) is 2.56. The molecule has 1 aromatic carbocycles. The fourth-order valence-corrected chi connectivity index (χ4v) is 3.89. The van der Waals surface area contributed by atoms with E-state index in [1.54, 1.807) is 0 Å². The largest absolute Gasteiger partial charge is 0.276 e. The van der Waals surface area contributed by atoms with Crippen molar-refractivity contribution in [2.24, 2.45) is 5.11 Å². The first-order valence-electron chi connectivity index (χ1n) is 8.18. The minimum atomic E-state index is -4.44. The molecule has 0 unspecified atom stereocenters. The number of azide groups is 1. The third-order valence-corrected chi connectivity index (χ3v) is 5.62. The second kappa shape index (κ2) is 7.75. The summed E-state index contributed by atoms with van der Waals surface area (Å²) in [7, 11) is -4.44. The Morgan fingerprint density at radius 3 is 2.65 bits per heavy atom. The van der Waals surface area contributed by atoms with Gasteiger partial charge >= 0.3 is 0 Å². The molecule has 0 amide bonds. The molecule has 11 nitrogen and oxygen atoms in total. The van der Waals surface area contributed by atoms with Gasteiger partial charge < -0.3 is 0 Å². The molecule has 0 aliphatic heterocycles. The second-order valence-electron chi connectivity index (χ2n) is 5.90. The molecule has 0 bridgehead atoms. The lowest BCUT2D eigenvalue weighted by Gasteiger charge is -2.11. The Labute approximate surface area is 177 Å². The number of pyridine rings is 1. The quantitative estimate of drug-likeness (QED) is 0.205. The third kappa shape index (κ3) is 3.94. The molecule has 0 aliphatic rings. The molecule has 0 aliphatic carbocycles. The van der Waals surface area contributed by atoms with Crippen LogP contribution in [0.5, 0.6) is 0 Å². The first kappa shape index (κ1) is 20.4. The number of nitrogens with one attached hydrogen (secondary N) is 1. The van der Waals surface area contributed by atoms with E-state index in [2.05, 4.69) is 34.8 Å². The zero-order valence-corrected chi connectivity index (χ0v) is 16.6. The highest BCUT2D eigenvalue weighted by Crippen LogP contribution is 2.28. The van der Waals surface area contributed by atoms with E-state index < -0.39 is 26.6 Å². The zero-order valence-electron chi connectivity index (χ0n) is 15.0. The zero-order chi connectivity index (χ0) is 22.2. The Morgan fingerprint density at radius 1 is 1.13 bits per heavy atom. The predicted octanol–water partition coefficient (Wildman–Crippen LogP) is 3.86. The van der Waals surface area contributed by atoms with Crippen LogP contribution < -0.4 is 4.72 Å². The SMILES string of the molecule is [N-]=[N+]=Nc1cnc2ncc(-c3cnc(Cl)c(NS(=O)(=O)c4ccc(F)cc4F)c3)nn12. The monoisotopic (exact) mass is 463 g/mol. The summed E-state index contributed by atoms with van der Waals surface area (Å²) in [6.07, 6.45) is 3.92. The number of halogens is 3. The number of hydrogen-bond acceptors (Lipinski definition) is 7. The Balaban J connectivity index is 1.74. The van der Waals surface area contributed by atoms with E-state index >= 15 is 0 Å². The summed E-state index contributed by atoms with van der Waals surface area (Å²) in [6.45, 7) is 0. The van der Waals surface area contributed by atoms with E-state index in [1.165, 1.54) is 29.2 Å². The lowest BCUT2D eigenvalue weighted by molar-refractivity contribution is 0.551. The van der Waals surface area contributed by atoms with Crippen molar-refractivity contribution in [3.8, 4) is 11.3 Å². The molecule has 3 aromatic heterocycles. The van der Waals surface area contributed by atoms with Gasteiger partial charge in [-0.25, -0.2) is 32.2 Å². The van der Waals surface area contributed by atoms with E-state index in [9.17, 15) is 17.2 Å². The van der Waals surface area contributed by atoms with E-state index in [0.29, 0.717) is 6.07 Å². The molecule has 4 aromatic rings. The summed E-state index contributed by atoms with van der Waals surface area (Å²) in [5, 5.41) is 7.46. The molecule has 156 valence electrons. The lowest BCUT2D eigenvalue weighted by Crippen LogP contribution is -2.15. The Kier molecular flexibility index (Phi) is 5.10. The lowest BCUT2D eigenvalue weighted by atomic mass is 10.2. The molecule has 3 heterocycles. The molecule has 15 heteroatoms. The molecular formula is C16H8ClF2N9O2S. The van der Waals surface area contributed by atoms with E-state index in [-0.39, 0.29) is 33.7 Å².